The fraction of sp³-hybridized carbons (Fsp3) is 1.00. The number of rotatable bonds is 6. The molecular weight excluding hydrogens is 372 g/mol. The second kappa shape index (κ2) is 8.53. The molecule has 12 heavy (non-hydrogen) atoms. The van der Waals surface area contributed by atoms with Gasteiger partial charge < -0.3 is 19.0 Å². The summed E-state index contributed by atoms with van der Waals surface area (Å²) < 4.78 is 15.5. The topological polar surface area (TPSA) is 53.7 Å². The third-order valence-electron chi connectivity index (χ3n) is 1.62. The molecule has 0 aromatic rings. The fourth-order valence-electron chi connectivity index (χ4n) is 0.875. The van der Waals surface area contributed by atoms with Crippen LogP contribution in [0.2, 0.25) is 6.04 Å². The van der Waals surface area contributed by atoms with Gasteiger partial charge in [0.05, 0.1) is 0 Å². The van der Waals surface area contributed by atoms with E-state index in [1.807, 2.05) is 0 Å². The van der Waals surface area contributed by atoms with Gasteiger partial charge in [-0.1, -0.05) is 0 Å². The van der Waals surface area contributed by atoms with Crippen LogP contribution in [0.1, 0.15) is 6.42 Å². The van der Waals surface area contributed by atoms with Crippen LogP contribution in [-0.4, -0.2) is 36.7 Å². The summed E-state index contributed by atoms with van der Waals surface area (Å²) in [6.07, 6.45) is 0.877. The Hall–Kier alpha value is 0.940. The van der Waals surface area contributed by atoms with Gasteiger partial charge in [0.15, 0.2) is 0 Å². The minimum atomic E-state index is -2.32. The third-order valence-corrected chi connectivity index (χ3v) is 4.45. The van der Waals surface area contributed by atoms with Crippen LogP contribution in [0.4, 0.5) is 0 Å². The van der Waals surface area contributed by atoms with Crippen molar-refractivity contribution in [2.24, 2.45) is 5.73 Å². The third kappa shape index (κ3) is 4.84. The van der Waals surface area contributed by atoms with Gasteiger partial charge in [-0.05, 0) is 13.0 Å². The summed E-state index contributed by atoms with van der Waals surface area (Å²) >= 11 is 0. The van der Waals surface area contributed by atoms with Crippen LogP contribution in [0.3, 0.4) is 0 Å². The molecule has 6 heteroatoms. The van der Waals surface area contributed by atoms with Crippen LogP contribution >= 0.6 is 0 Å². The van der Waals surface area contributed by atoms with Gasteiger partial charge in [0, 0.05) is 27.4 Å². The Bertz CT molecular complexity index is 94.5. The van der Waals surface area contributed by atoms with Crippen molar-refractivity contribution >= 4 is 8.80 Å². The molecule has 0 saturated heterocycles. The van der Waals surface area contributed by atoms with Crippen molar-refractivity contribution in [1.82, 2.24) is 0 Å². The first kappa shape index (κ1) is 15.4. The summed E-state index contributed by atoms with van der Waals surface area (Å²) in [5.74, 6) is 0. The Balaban J connectivity index is 0. The van der Waals surface area contributed by atoms with Crippen molar-refractivity contribution in [2.75, 3.05) is 27.9 Å². The molecule has 0 bridgehead atoms. The van der Waals surface area contributed by atoms with E-state index in [-0.39, 0.29) is 26.2 Å². The molecule has 76 valence electrons. The Morgan fingerprint density at radius 2 is 1.50 bits per heavy atom. The van der Waals surface area contributed by atoms with Crippen LogP contribution < -0.4 is 5.73 Å². The Morgan fingerprint density at radius 1 is 1.08 bits per heavy atom. The summed E-state index contributed by atoms with van der Waals surface area (Å²) in [6.45, 7) is 0.644. The molecule has 0 rings (SSSR count). The van der Waals surface area contributed by atoms with E-state index in [2.05, 4.69) is 0 Å². The zero-order chi connectivity index (χ0) is 8.74. The fourth-order valence-corrected chi connectivity index (χ4v) is 2.62. The van der Waals surface area contributed by atoms with Gasteiger partial charge in [-0.3, -0.25) is 0 Å². The first-order valence-corrected chi connectivity index (χ1v) is 5.53. The SMILES string of the molecule is CO[Si](CCCN)(OC)OC.[AtH]. The monoisotopic (exact) mass is 390 g/mol. The molecule has 0 heterocycles. The van der Waals surface area contributed by atoms with Crippen molar-refractivity contribution in [3.63, 3.8) is 0 Å². The van der Waals surface area contributed by atoms with Crippen LogP contribution in [0.15, 0.2) is 0 Å². The van der Waals surface area contributed by atoms with Crippen LogP contribution in [0, 0.1) is 26.2 Å². The molecule has 0 amide bonds. The number of hydrogen-bond acceptors (Lipinski definition) is 4. The molecule has 0 unspecified atom stereocenters. The van der Waals surface area contributed by atoms with Crippen LogP contribution in [-0.2, 0) is 13.3 Å². The van der Waals surface area contributed by atoms with E-state index in [0.29, 0.717) is 6.54 Å². The van der Waals surface area contributed by atoms with E-state index in [0.717, 1.165) is 12.5 Å². The normalized spacial score (nSPS) is 11.0. The van der Waals surface area contributed by atoms with E-state index in [1.165, 1.54) is 0 Å². The van der Waals surface area contributed by atoms with Crippen molar-refractivity contribution in [3.05, 3.63) is 0 Å². The summed E-state index contributed by atoms with van der Waals surface area (Å²) in [5, 5.41) is 0. The molecule has 0 radical (unpaired) electrons. The first-order chi connectivity index (χ1) is 5.24. The van der Waals surface area contributed by atoms with Gasteiger partial charge in [-0.15, -0.1) is 0 Å². The van der Waals surface area contributed by atoms with Crippen LogP contribution in [0.5, 0.6) is 0 Å². The van der Waals surface area contributed by atoms with Crippen molar-refractivity contribution in [2.45, 2.75) is 12.5 Å². The number of hydrogen-bond donors (Lipinski definition) is 1. The molecule has 0 saturated carbocycles. The predicted molar refractivity (Wildman–Crippen MR) is 46.7 cm³/mol. The molecule has 0 aromatic carbocycles. The van der Waals surface area contributed by atoms with E-state index in [4.69, 9.17) is 19.0 Å². The van der Waals surface area contributed by atoms with Crippen molar-refractivity contribution in [3.8, 4) is 0 Å². The van der Waals surface area contributed by atoms with Gasteiger partial charge in [0.25, 0.3) is 0 Å². The summed E-state index contributed by atoms with van der Waals surface area (Å²) in [6, 6.07) is 0.785. The van der Waals surface area contributed by atoms with Gasteiger partial charge in [-0.25, -0.2) is 0 Å². The molecule has 0 aliphatic carbocycles. The number of nitrogens with two attached hydrogens (primary N) is 1. The van der Waals surface area contributed by atoms with E-state index in [1.54, 1.807) is 21.3 Å². The van der Waals surface area contributed by atoms with E-state index in [9.17, 15) is 0 Å². The quantitative estimate of drug-likeness (QED) is 0.647. The molecular formula is C6H18AtNO3Si. The molecule has 0 spiro atoms. The Kier molecular flexibility index (Phi) is 11.0. The van der Waals surface area contributed by atoms with Gasteiger partial charge in [0.1, 0.15) is 0 Å². The molecule has 2 N–H and O–H groups in total. The van der Waals surface area contributed by atoms with E-state index < -0.39 is 8.80 Å². The Morgan fingerprint density at radius 3 is 1.75 bits per heavy atom. The molecule has 0 aliphatic heterocycles. The average molecular weight is 390 g/mol. The molecule has 0 aromatic heterocycles. The minimum absolute atomic E-state index is 0. The molecule has 0 atom stereocenters. The molecule has 0 fully saturated rings. The van der Waals surface area contributed by atoms with Gasteiger partial charge in [0.2, 0.25) is 0 Å². The molecule has 4 nitrogen and oxygen atoms in total. The summed E-state index contributed by atoms with van der Waals surface area (Å²) in [5.41, 5.74) is 5.36. The second-order valence-corrected chi connectivity index (χ2v) is 5.28. The zero-order valence-electron chi connectivity index (χ0n) is 7.83. The Labute approximate surface area is 94.2 Å². The van der Waals surface area contributed by atoms with Crippen LogP contribution in [0.25, 0.3) is 0 Å². The average Bonchev–Trinajstić information content (AvgIpc) is 2.08. The van der Waals surface area contributed by atoms with Gasteiger partial charge >= 0.3 is 35.0 Å². The van der Waals surface area contributed by atoms with Crippen molar-refractivity contribution in [1.29, 1.82) is 0 Å². The standard InChI is InChI=1S/C6H17NO3Si.AtH/c1-8-11(9-2,10-3)6-4-5-7;/h4-7H2,1-3H3;1H. The van der Waals surface area contributed by atoms with Gasteiger partial charge in [-0.2, -0.15) is 0 Å². The molecule has 0 aliphatic rings. The van der Waals surface area contributed by atoms with E-state index >= 15 is 0 Å². The maximum atomic E-state index is 5.36. The predicted octanol–water partition coefficient (Wildman–Crippen LogP) is -0.0544. The van der Waals surface area contributed by atoms with Crippen molar-refractivity contribution < 1.29 is 39.5 Å². The maximum absolute atomic E-state index is 5.36. The second-order valence-electron chi connectivity index (χ2n) is 2.19. The zero-order valence-corrected chi connectivity index (χ0v) is 12.0. The first-order valence-electron chi connectivity index (χ1n) is 3.60. The summed E-state index contributed by atoms with van der Waals surface area (Å²) in [7, 11) is 2.50. The summed E-state index contributed by atoms with van der Waals surface area (Å²) in [4.78, 5) is 0.